The fraction of sp³-hybridized carbons (Fsp3) is 0.667. The van der Waals surface area contributed by atoms with Crippen LogP contribution in [0.25, 0.3) is 0 Å². The monoisotopic (exact) mass is 220 g/mol. The zero-order valence-electron chi connectivity index (χ0n) is 9.40. The molecular weight excluding hydrogens is 204 g/mol. The van der Waals surface area contributed by atoms with Gasteiger partial charge in [0.2, 0.25) is 5.91 Å². The topological polar surface area (TPSA) is 55.1 Å². The van der Waals surface area contributed by atoms with Gasteiger partial charge in [0.15, 0.2) is 0 Å². The second-order valence-corrected chi connectivity index (χ2v) is 5.07. The summed E-state index contributed by atoms with van der Waals surface area (Å²) in [6.07, 6.45) is 3.54. The molecule has 3 rings (SSSR count). The van der Waals surface area contributed by atoms with Crippen molar-refractivity contribution in [2.24, 2.45) is 17.8 Å². The van der Waals surface area contributed by atoms with Crippen molar-refractivity contribution in [3.63, 3.8) is 0 Å². The minimum absolute atomic E-state index is 0.188. The number of rotatable bonds is 3. The molecule has 1 N–H and O–H groups in total. The third-order valence-corrected chi connectivity index (χ3v) is 3.73. The van der Waals surface area contributed by atoms with Crippen molar-refractivity contribution in [3.05, 3.63) is 17.5 Å². The highest BCUT2D eigenvalue weighted by molar-refractivity contribution is 5.79. The van der Waals surface area contributed by atoms with Gasteiger partial charge in [-0.15, -0.1) is 0 Å². The molecule has 0 bridgehead atoms. The van der Waals surface area contributed by atoms with Crippen molar-refractivity contribution in [1.29, 1.82) is 0 Å². The molecule has 2 aliphatic carbocycles. The lowest BCUT2D eigenvalue weighted by atomic mass is 10.0. The van der Waals surface area contributed by atoms with Gasteiger partial charge in [0.05, 0.1) is 6.54 Å². The smallest absolute Gasteiger partial charge is 0.223 e. The quantitative estimate of drug-likeness (QED) is 0.842. The minimum atomic E-state index is 0.188. The Hall–Kier alpha value is -1.32. The molecule has 4 nitrogen and oxygen atoms in total. The Morgan fingerprint density at radius 2 is 2.25 bits per heavy atom. The molecule has 4 heteroatoms. The van der Waals surface area contributed by atoms with E-state index >= 15 is 0 Å². The summed E-state index contributed by atoms with van der Waals surface area (Å²) >= 11 is 0. The van der Waals surface area contributed by atoms with Gasteiger partial charge in [0.25, 0.3) is 0 Å². The van der Waals surface area contributed by atoms with Crippen LogP contribution in [0.2, 0.25) is 0 Å². The number of amides is 1. The largest absolute Gasteiger partial charge is 0.361 e. The number of aryl methyl sites for hydroxylation is 1. The summed E-state index contributed by atoms with van der Waals surface area (Å²) < 4.78 is 4.95. The maximum Gasteiger partial charge on any atom is 0.223 e. The van der Waals surface area contributed by atoms with E-state index < -0.39 is 0 Å². The normalized spacial score (nSPS) is 31.2. The van der Waals surface area contributed by atoms with E-state index in [0.717, 1.165) is 36.1 Å². The first-order valence-corrected chi connectivity index (χ1v) is 5.92. The first-order valence-electron chi connectivity index (χ1n) is 5.92. The lowest BCUT2D eigenvalue weighted by Gasteiger charge is -2.10. The number of aromatic nitrogens is 1. The van der Waals surface area contributed by atoms with E-state index in [1.165, 1.54) is 6.42 Å². The molecular formula is C12H16N2O2. The molecule has 86 valence electrons. The molecule has 0 saturated heterocycles. The number of nitrogens with one attached hydrogen (secondary N) is 1. The minimum Gasteiger partial charge on any atom is -0.361 e. The fourth-order valence-electron chi connectivity index (χ4n) is 2.75. The molecule has 0 spiro atoms. The Morgan fingerprint density at radius 3 is 2.88 bits per heavy atom. The van der Waals surface area contributed by atoms with Crippen LogP contribution in [0.3, 0.4) is 0 Å². The van der Waals surface area contributed by atoms with Gasteiger partial charge in [-0.2, -0.15) is 0 Å². The van der Waals surface area contributed by atoms with Gasteiger partial charge >= 0.3 is 0 Å². The zero-order chi connectivity index (χ0) is 11.1. The molecule has 0 aromatic carbocycles. The standard InChI is InChI=1S/C12H16N2O2/c1-7-2-11(14-16-7)6-13-12(15)10-4-8-3-9(8)5-10/h2,8-10H,3-6H2,1H3,(H,13,15). The van der Waals surface area contributed by atoms with E-state index in [2.05, 4.69) is 10.5 Å². The molecule has 2 atom stereocenters. The van der Waals surface area contributed by atoms with Gasteiger partial charge in [-0.05, 0) is 38.0 Å². The second kappa shape index (κ2) is 3.61. The Morgan fingerprint density at radius 1 is 1.50 bits per heavy atom. The highest BCUT2D eigenvalue weighted by atomic mass is 16.5. The number of hydrogen-bond acceptors (Lipinski definition) is 3. The number of carbonyl (C=O) groups is 1. The molecule has 0 aliphatic heterocycles. The maximum absolute atomic E-state index is 11.8. The Bertz CT molecular complexity index is 403. The van der Waals surface area contributed by atoms with Crippen LogP contribution in [0.1, 0.15) is 30.7 Å². The first kappa shape index (κ1) is 9.87. The molecule has 0 radical (unpaired) electrons. The van der Waals surface area contributed by atoms with Crippen LogP contribution in [0, 0.1) is 24.7 Å². The molecule has 1 heterocycles. The summed E-state index contributed by atoms with van der Waals surface area (Å²) in [7, 11) is 0. The van der Waals surface area contributed by atoms with Gasteiger partial charge in [-0.3, -0.25) is 4.79 Å². The Kier molecular flexibility index (Phi) is 2.23. The average Bonchev–Trinajstić information content (AvgIpc) is 2.71. The van der Waals surface area contributed by atoms with Crippen LogP contribution in [0.4, 0.5) is 0 Å². The highest BCUT2D eigenvalue weighted by Gasteiger charge is 2.47. The number of carbonyl (C=O) groups excluding carboxylic acids is 1. The molecule has 2 fully saturated rings. The summed E-state index contributed by atoms with van der Waals surface area (Å²) in [6.45, 7) is 2.34. The van der Waals surface area contributed by atoms with Crippen LogP contribution >= 0.6 is 0 Å². The van der Waals surface area contributed by atoms with E-state index in [-0.39, 0.29) is 11.8 Å². The third kappa shape index (κ3) is 1.84. The third-order valence-electron chi connectivity index (χ3n) is 3.73. The number of fused-ring (bicyclic) bond motifs is 1. The first-order chi connectivity index (χ1) is 7.72. The van der Waals surface area contributed by atoms with Gasteiger partial charge in [0.1, 0.15) is 11.5 Å². The summed E-state index contributed by atoms with van der Waals surface area (Å²) in [5.74, 6) is 2.92. The van der Waals surface area contributed by atoms with E-state index in [1.807, 2.05) is 13.0 Å². The van der Waals surface area contributed by atoms with Crippen molar-refractivity contribution in [2.45, 2.75) is 32.7 Å². The van der Waals surface area contributed by atoms with Gasteiger partial charge in [0, 0.05) is 12.0 Å². The summed E-state index contributed by atoms with van der Waals surface area (Å²) in [5, 5.41) is 6.78. The SMILES string of the molecule is Cc1cc(CNC(=O)C2CC3CC3C2)no1. The van der Waals surface area contributed by atoms with Crippen LogP contribution < -0.4 is 5.32 Å². The Labute approximate surface area is 94.4 Å². The van der Waals surface area contributed by atoms with E-state index in [0.29, 0.717) is 6.54 Å². The van der Waals surface area contributed by atoms with Crippen LogP contribution in [-0.4, -0.2) is 11.1 Å². The van der Waals surface area contributed by atoms with Crippen molar-refractivity contribution >= 4 is 5.91 Å². The lowest BCUT2D eigenvalue weighted by Crippen LogP contribution is -2.29. The predicted octanol–water partition coefficient (Wildman–Crippen LogP) is 1.65. The molecule has 2 saturated carbocycles. The summed E-state index contributed by atoms with van der Waals surface area (Å²) in [6, 6.07) is 1.85. The maximum atomic E-state index is 11.8. The molecule has 16 heavy (non-hydrogen) atoms. The molecule has 2 aliphatic rings. The van der Waals surface area contributed by atoms with Crippen LogP contribution in [0.15, 0.2) is 10.6 Å². The van der Waals surface area contributed by atoms with Crippen molar-refractivity contribution < 1.29 is 9.32 Å². The molecule has 2 unspecified atom stereocenters. The van der Waals surface area contributed by atoms with Gasteiger partial charge in [-0.1, -0.05) is 5.16 Å². The summed E-state index contributed by atoms with van der Waals surface area (Å²) in [5.41, 5.74) is 0.800. The van der Waals surface area contributed by atoms with Crippen molar-refractivity contribution in [1.82, 2.24) is 10.5 Å². The molecule has 1 amide bonds. The van der Waals surface area contributed by atoms with Gasteiger partial charge < -0.3 is 9.84 Å². The zero-order valence-corrected chi connectivity index (χ0v) is 9.40. The fourth-order valence-corrected chi connectivity index (χ4v) is 2.75. The van der Waals surface area contributed by atoms with E-state index in [9.17, 15) is 4.79 Å². The summed E-state index contributed by atoms with van der Waals surface area (Å²) in [4.78, 5) is 11.8. The van der Waals surface area contributed by atoms with Crippen molar-refractivity contribution in [2.75, 3.05) is 0 Å². The van der Waals surface area contributed by atoms with Crippen LogP contribution in [-0.2, 0) is 11.3 Å². The predicted molar refractivity (Wildman–Crippen MR) is 57.4 cm³/mol. The van der Waals surface area contributed by atoms with Gasteiger partial charge in [-0.25, -0.2) is 0 Å². The van der Waals surface area contributed by atoms with E-state index in [1.54, 1.807) is 0 Å². The van der Waals surface area contributed by atoms with Crippen molar-refractivity contribution in [3.8, 4) is 0 Å². The number of hydrogen-bond donors (Lipinski definition) is 1. The second-order valence-electron chi connectivity index (χ2n) is 5.07. The van der Waals surface area contributed by atoms with E-state index in [4.69, 9.17) is 4.52 Å². The van der Waals surface area contributed by atoms with Crippen LogP contribution in [0.5, 0.6) is 0 Å². The lowest BCUT2D eigenvalue weighted by molar-refractivity contribution is -0.125. The highest BCUT2D eigenvalue weighted by Crippen LogP contribution is 2.54. The average molecular weight is 220 g/mol. The Balaban J connectivity index is 1.49. The molecule has 1 aromatic heterocycles. The number of nitrogens with zero attached hydrogens (tertiary/aromatic N) is 1. The molecule has 1 aromatic rings.